The van der Waals surface area contributed by atoms with E-state index in [2.05, 4.69) is 12.2 Å². The summed E-state index contributed by atoms with van der Waals surface area (Å²) < 4.78 is 0. The molecule has 1 aliphatic carbocycles. The molecule has 0 aromatic heterocycles. The van der Waals surface area contributed by atoms with E-state index < -0.39 is 0 Å². The normalized spacial score (nSPS) is 16.4. The molecule has 3 nitrogen and oxygen atoms in total. The van der Waals surface area contributed by atoms with Crippen molar-refractivity contribution in [3.8, 4) is 6.07 Å². The molecule has 1 aromatic rings. The van der Waals surface area contributed by atoms with Gasteiger partial charge in [0.05, 0.1) is 12.5 Å². The van der Waals surface area contributed by atoms with Crippen LogP contribution in [0.1, 0.15) is 40.7 Å². The van der Waals surface area contributed by atoms with Crippen molar-refractivity contribution >= 4 is 5.91 Å². The number of benzene rings is 1. The van der Waals surface area contributed by atoms with Gasteiger partial charge in [-0.15, -0.1) is 0 Å². The summed E-state index contributed by atoms with van der Waals surface area (Å²) in [7, 11) is 0. The smallest absolute Gasteiger partial charge is 0.251 e. The summed E-state index contributed by atoms with van der Waals surface area (Å²) in [6, 6.07) is 7.79. The zero-order valence-corrected chi connectivity index (χ0v) is 8.58. The molecule has 2 rings (SSSR count). The molecule has 0 spiro atoms. The maximum atomic E-state index is 11.7. The Labute approximate surface area is 88.7 Å². The Bertz CT molecular complexity index is 445. The highest BCUT2D eigenvalue weighted by Crippen LogP contribution is 2.44. The highest BCUT2D eigenvalue weighted by molar-refractivity contribution is 5.98. The van der Waals surface area contributed by atoms with E-state index in [1.807, 2.05) is 24.3 Å². The highest BCUT2D eigenvalue weighted by Gasteiger charge is 2.32. The molecule has 1 unspecified atom stereocenters. The standard InChI is InChI=1S/C12H12N2O/c1-8-9-4-2-5-10(11(8)9)12(15)14-7-3-6-13/h2,4-5,8H,3,7H2,1H3,(H,14,15). The number of carbonyl (C=O) groups is 1. The molecule has 0 aliphatic heterocycles. The predicted molar refractivity (Wildman–Crippen MR) is 56.5 cm³/mol. The highest BCUT2D eigenvalue weighted by atomic mass is 16.1. The van der Waals surface area contributed by atoms with Crippen LogP contribution in [0.25, 0.3) is 0 Å². The molecule has 3 heteroatoms. The fraction of sp³-hybridized carbons (Fsp3) is 0.333. The lowest BCUT2D eigenvalue weighted by atomic mass is 10.2. The molecule has 1 amide bonds. The molecule has 0 bridgehead atoms. The number of carbonyl (C=O) groups excluding carboxylic acids is 1. The summed E-state index contributed by atoms with van der Waals surface area (Å²) in [6.07, 6.45) is 0.357. The van der Waals surface area contributed by atoms with Crippen LogP contribution >= 0.6 is 0 Å². The van der Waals surface area contributed by atoms with Gasteiger partial charge in [0.2, 0.25) is 0 Å². The molecule has 0 saturated carbocycles. The topological polar surface area (TPSA) is 52.9 Å². The molecule has 0 heterocycles. The van der Waals surface area contributed by atoms with E-state index in [1.165, 1.54) is 5.56 Å². The summed E-state index contributed by atoms with van der Waals surface area (Å²) in [6.45, 7) is 2.52. The van der Waals surface area contributed by atoms with Crippen molar-refractivity contribution in [3.05, 3.63) is 34.9 Å². The summed E-state index contributed by atoms with van der Waals surface area (Å²) in [5.41, 5.74) is 3.19. The van der Waals surface area contributed by atoms with Crippen molar-refractivity contribution in [2.45, 2.75) is 19.3 Å². The van der Waals surface area contributed by atoms with Gasteiger partial charge in [0.15, 0.2) is 0 Å². The van der Waals surface area contributed by atoms with Crippen LogP contribution in [0.5, 0.6) is 0 Å². The number of fused-ring (bicyclic) bond motifs is 1. The second-order valence-electron chi connectivity index (χ2n) is 3.69. The lowest BCUT2D eigenvalue weighted by molar-refractivity contribution is 0.0954. The van der Waals surface area contributed by atoms with E-state index >= 15 is 0 Å². The van der Waals surface area contributed by atoms with E-state index in [1.54, 1.807) is 0 Å². The third-order valence-corrected chi connectivity index (χ3v) is 2.72. The van der Waals surface area contributed by atoms with Crippen molar-refractivity contribution in [1.82, 2.24) is 5.32 Å². The van der Waals surface area contributed by atoms with E-state index in [4.69, 9.17) is 5.26 Å². The first-order valence-electron chi connectivity index (χ1n) is 5.03. The van der Waals surface area contributed by atoms with Gasteiger partial charge in [-0.05, 0) is 17.2 Å². The zero-order valence-electron chi connectivity index (χ0n) is 8.58. The number of nitriles is 1. The molecule has 1 aliphatic rings. The molecule has 0 saturated heterocycles. The predicted octanol–water partition coefficient (Wildman–Crippen LogP) is 1.80. The zero-order chi connectivity index (χ0) is 10.8. The van der Waals surface area contributed by atoms with Crippen molar-refractivity contribution in [2.75, 3.05) is 6.54 Å². The number of nitrogens with one attached hydrogen (secondary N) is 1. The van der Waals surface area contributed by atoms with Gasteiger partial charge in [0.1, 0.15) is 0 Å². The summed E-state index contributed by atoms with van der Waals surface area (Å²) >= 11 is 0. The maximum absolute atomic E-state index is 11.7. The first-order chi connectivity index (χ1) is 7.25. The lowest BCUT2D eigenvalue weighted by Crippen LogP contribution is -2.24. The molecule has 0 fully saturated rings. The van der Waals surface area contributed by atoms with Gasteiger partial charge in [-0.25, -0.2) is 0 Å². The van der Waals surface area contributed by atoms with Crippen molar-refractivity contribution in [1.29, 1.82) is 5.26 Å². The van der Waals surface area contributed by atoms with Gasteiger partial charge in [0, 0.05) is 18.0 Å². The number of hydrogen-bond donors (Lipinski definition) is 1. The average Bonchev–Trinajstić information content (AvgIpc) is 2.90. The van der Waals surface area contributed by atoms with Gasteiger partial charge in [-0.2, -0.15) is 5.26 Å². The van der Waals surface area contributed by atoms with Gasteiger partial charge in [0.25, 0.3) is 5.91 Å². The summed E-state index contributed by atoms with van der Waals surface area (Å²) in [5.74, 6) is 0.364. The molecular formula is C12H12N2O. The second-order valence-corrected chi connectivity index (χ2v) is 3.69. The van der Waals surface area contributed by atoms with Gasteiger partial charge < -0.3 is 5.32 Å². The van der Waals surface area contributed by atoms with E-state index in [0.29, 0.717) is 18.9 Å². The fourth-order valence-electron chi connectivity index (χ4n) is 1.84. The van der Waals surface area contributed by atoms with Crippen LogP contribution in [0.4, 0.5) is 0 Å². The van der Waals surface area contributed by atoms with Gasteiger partial charge in [-0.3, -0.25) is 4.79 Å². The molecule has 1 aromatic carbocycles. The van der Waals surface area contributed by atoms with Gasteiger partial charge >= 0.3 is 0 Å². The van der Waals surface area contributed by atoms with Crippen LogP contribution in [-0.4, -0.2) is 12.5 Å². The quantitative estimate of drug-likeness (QED) is 0.756. The molecule has 1 atom stereocenters. The SMILES string of the molecule is CC1c2cccc(C(=O)NCCC#N)c21. The van der Waals surface area contributed by atoms with E-state index in [0.717, 1.165) is 11.1 Å². The van der Waals surface area contributed by atoms with Crippen LogP contribution in [0.15, 0.2) is 18.2 Å². The number of hydrogen-bond acceptors (Lipinski definition) is 2. The molecule has 15 heavy (non-hydrogen) atoms. The largest absolute Gasteiger partial charge is 0.351 e. The Balaban J connectivity index is 2.06. The Morgan fingerprint density at radius 2 is 2.40 bits per heavy atom. The molecular weight excluding hydrogens is 188 g/mol. The molecule has 76 valence electrons. The first-order valence-corrected chi connectivity index (χ1v) is 5.03. The molecule has 0 radical (unpaired) electrons. The monoisotopic (exact) mass is 200 g/mol. The van der Waals surface area contributed by atoms with Crippen molar-refractivity contribution in [3.63, 3.8) is 0 Å². The van der Waals surface area contributed by atoms with Crippen LogP contribution in [-0.2, 0) is 0 Å². The summed E-state index contributed by atoms with van der Waals surface area (Å²) in [5, 5.41) is 11.1. The van der Waals surface area contributed by atoms with Crippen LogP contribution in [0.2, 0.25) is 0 Å². The Kier molecular flexibility index (Phi) is 2.42. The van der Waals surface area contributed by atoms with Crippen molar-refractivity contribution in [2.24, 2.45) is 0 Å². The first kappa shape index (κ1) is 9.72. The minimum atomic E-state index is -0.0635. The average molecular weight is 200 g/mol. The third kappa shape index (κ3) is 1.71. The Morgan fingerprint density at radius 3 is 3.13 bits per heavy atom. The third-order valence-electron chi connectivity index (χ3n) is 2.72. The maximum Gasteiger partial charge on any atom is 0.251 e. The minimum absolute atomic E-state index is 0.0635. The van der Waals surface area contributed by atoms with Crippen LogP contribution in [0, 0.1) is 11.3 Å². The fourth-order valence-corrected chi connectivity index (χ4v) is 1.84. The lowest BCUT2D eigenvalue weighted by Gasteiger charge is -2.01. The Hall–Kier alpha value is -1.82. The Morgan fingerprint density at radius 1 is 1.60 bits per heavy atom. The van der Waals surface area contributed by atoms with E-state index in [9.17, 15) is 4.79 Å². The van der Waals surface area contributed by atoms with Crippen molar-refractivity contribution < 1.29 is 4.79 Å². The number of rotatable bonds is 3. The minimum Gasteiger partial charge on any atom is -0.351 e. The van der Waals surface area contributed by atoms with Crippen LogP contribution in [0.3, 0.4) is 0 Å². The second kappa shape index (κ2) is 3.74. The van der Waals surface area contributed by atoms with E-state index in [-0.39, 0.29) is 5.91 Å². The van der Waals surface area contributed by atoms with Crippen LogP contribution < -0.4 is 5.32 Å². The molecule has 1 N–H and O–H groups in total. The van der Waals surface area contributed by atoms with Gasteiger partial charge in [-0.1, -0.05) is 19.1 Å². The summed E-state index contributed by atoms with van der Waals surface area (Å²) in [4.78, 5) is 11.7. The number of nitrogens with zero attached hydrogens (tertiary/aromatic N) is 1. The number of amides is 1.